The number of anilines is 1. The molecule has 0 aromatic heterocycles. The third-order valence-corrected chi connectivity index (χ3v) is 4.80. The van der Waals surface area contributed by atoms with E-state index in [0.717, 1.165) is 25.7 Å². The molecule has 4 N–H and O–H groups in total. The number of nitrogens with one attached hydrogen (secondary N) is 2. The van der Waals surface area contributed by atoms with Crippen LogP contribution in [-0.4, -0.2) is 38.1 Å². The molecule has 1 aliphatic carbocycles. The van der Waals surface area contributed by atoms with Crippen LogP contribution in [0.5, 0.6) is 11.5 Å². The van der Waals surface area contributed by atoms with E-state index in [0.29, 0.717) is 22.7 Å². The molecule has 0 atom stereocenters. The van der Waals surface area contributed by atoms with Crippen LogP contribution in [0.4, 0.5) is 5.69 Å². The summed E-state index contributed by atoms with van der Waals surface area (Å²) in [7, 11) is 3.02. The summed E-state index contributed by atoms with van der Waals surface area (Å²) in [4.78, 5) is 25.4. The van der Waals surface area contributed by atoms with E-state index in [1.807, 2.05) is 20.8 Å². The molecular formula is C20H32ClN3O4. The Hall–Kier alpha value is -1.99. The molecule has 2 rings (SSSR count). The number of halogens is 1. The van der Waals surface area contributed by atoms with Gasteiger partial charge in [-0.1, -0.05) is 20.8 Å². The molecule has 1 aromatic carbocycles. The van der Waals surface area contributed by atoms with Crippen LogP contribution < -0.4 is 25.8 Å². The lowest BCUT2D eigenvalue weighted by Gasteiger charge is -2.27. The number of amides is 2. The lowest BCUT2D eigenvalue weighted by molar-refractivity contribution is -0.123. The Morgan fingerprint density at radius 3 is 2.07 bits per heavy atom. The zero-order valence-electron chi connectivity index (χ0n) is 17.3. The predicted octanol–water partition coefficient (Wildman–Crippen LogP) is 3.11. The second-order valence-electron chi connectivity index (χ2n) is 8.04. The van der Waals surface area contributed by atoms with Crippen molar-refractivity contribution in [2.45, 2.75) is 58.5 Å². The molecule has 0 bridgehead atoms. The fourth-order valence-electron chi connectivity index (χ4n) is 3.01. The second kappa shape index (κ2) is 9.98. The normalized spacial score (nSPS) is 19.2. The molecule has 8 heteroatoms. The maximum atomic E-state index is 12.9. The van der Waals surface area contributed by atoms with Gasteiger partial charge in [-0.05, 0) is 31.7 Å². The minimum Gasteiger partial charge on any atom is -0.493 e. The zero-order valence-corrected chi connectivity index (χ0v) is 18.1. The van der Waals surface area contributed by atoms with Crippen molar-refractivity contribution in [1.29, 1.82) is 0 Å². The average Bonchev–Trinajstić information content (AvgIpc) is 2.62. The first-order valence-electron chi connectivity index (χ1n) is 9.29. The Balaban J connectivity index is 0.00000392. The molecular weight excluding hydrogens is 382 g/mol. The second-order valence-corrected chi connectivity index (χ2v) is 8.04. The highest BCUT2D eigenvalue weighted by atomic mass is 35.5. The van der Waals surface area contributed by atoms with Gasteiger partial charge in [-0.15, -0.1) is 12.4 Å². The lowest BCUT2D eigenvalue weighted by atomic mass is 9.91. The first kappa shape index (κ1) is 24.0. The van der Waals surface area contributed by atoms with E-state index in [1.54, 1.807) is 12.1 Å². The lowest BCUT2D eigenvalue weighted by Crippen LogP contribution is -2.40. The standard InChI is InChI=1S/C20H31N3O4.ClH/c1-20(2,3)19(25)23-15-11-17(27-5)16(26-4)10-14(15)18(24)22-13-8-6-12(21)7-9-13;/h10-13H,6-9,21H2,1-5H3,(H,22,24)(H,23,25);1H. The summed E-state index contributed by atoms with van der Waals surface area (Å²) in [5.74, 6) is 0.442. The first-order chi connectivity index (χ1) is 12.7. The van der Waals surface area contributed by atoms with Crippen molar-refractivity contribution in [2.24, 2.45) is 11.1 Å². The monoisotopic (exact) mass is 413 g/mol. The molecule has 28 heavy (non-hydrogen) atoms. The number of nitrogens with two attached hydrogens (primary N) is 1. The highest BCUT2D eigenvalue weighted by molar-refractivity contribution is 6.05. The molecule has 0 unspecified atom stereocenters. The molecule has 1 saturated carbocycles. The fraction of sp³-hybridized carbons (Fsp3) is 0.600. The molecule has 0 radical (unpaired) electrons. The van der Waals surface area contributed by atoms with Crippen LogP contribution in [-0.2, 0) is 4.79 Å². The third kappa shape index (κ3) is 6.01. The predicted molar refractivity (Wildman–Crippen MR) is 113 cm³/mol. The van der Waals surface area contributed by atoms with Crippen LogP contribution >= 0.6 is 12.4 Å². The van der Waals surface area contributed by atoms with Gasteiger partial charge in [0, 0.05) is 23.6 Å². The Labute approximate surface area is 173 Å². The molecule has 7 nitrogen and oxygen atoms in total. The maximum Gasteiger partial charge on any atom is 0.253 e. The summed E-state index contributed by atoms with van der Waals surface area (Å²) in [6, 6.07) is 3.51. The van der Waals surface area contributed by atoms with Crippen LogP contribution in [0.3, 0.4) is 0 Å². The van der Waals surface area contributed by atoms with Gasteiger partial charge < -0.3 is 25.8 Å². The molecule has 1 fully saturated rings. The van der Waals surface area contributed by atoms with Gasteiger partial charge in [0.2, 0.25) is 5.91 Å². The van der Waals surface area contributed by atoms with Gasteiger partial charge in [0.25, 0.3) is 5.91 Å². The van der Waals surface area contributed by atoms with Crippen LogP contribution in [0.2, 0.25) is 0 Å². The number of hydrogen-bond donors (Lipinski definition) is 3. The quantitative estimate of drug-likeness (QED) is 0.688. The van der Waals surface area contributed by atoms with Gasteiger partial charge in [-0.25, -0.2) is 0 Å². The van der Waals surface area contributed by atoms with E-state index in [2.05, 4.69) is 10.6 Å². The van der Waals surface area contributed by atoms with Crippen molar-refractivity contribution in [3.63, 3.8) is 0 Å². The molecule has 0 saturated heterocycles. The van der Waals surface area contributed by atoms with E-state index in [-0.39, 0.29) is 36.3 Å². The van der Waals surface area contributed by atoms with Crippen molar-refractivity contribution in [3.8, 4) is 11.5 Å². The first-order valence-corrected chi connectivity index (χ1v) is 9.29. The van der Waals surface area contributed by atoms with E-state index in [1.165, 1.54) is 14.2 Å². The number of carbonyl (C=O) groups excluding carboxylic acids is 2. The number of rotatable bonds is 5. The summed E-state index contributed by atoms with van der Waals surface area (Å²) in [6.45, 7) is 5.44. The molecule has 2 amide bonds. The van der Waals surface area contributed by atoms with Crippen LogP contribution in [0.15, 0.2) is 12.1 Å². The smallest absolute Gasteiger partial charge is 0.253 e. The van der Waals surface area contributed by atoms with Crippen molar-refractivity contribution < 1.29 is 19.1 Å². The largest absolute Gasteiger partial charge is 0.493 e. The molecule has 1 aromatic rings. The Kier molecular flexibility index (Phi) is 8.57. The van der Waals surface area contributed by atoms with Gasteiger partial charge in [-0.2, -0.15) is 0 Å². The average molecular weight is 414 g/mol. The highest BCUT2D eigenvalue weighted by Crippen LogP contribution is 2.34. The summed E-state index contributed by atoms with van der Waals surface area (Å²) < 4.78 is 10.6. The van der Waals surface area contributed by atoms with Crippen molar-refractivity contribution >= 4 is 29.9 Å². The third-order valence-electron chi connectivity index (χ3n) is 4.80. The van der Waals surface area contributed by atoms with E-state index in [4.69, 9.17) is 15.2 Å². The summed E-state index contributed by atoms with van der Waals surface area (Å²) in [6.07, 6.45) is 3.49. The molecule has 158 valence electrons. The number of methoxy groups -OCH3 is 2. The fourth-order valence-corrected chi connectivity index (χ4v) is 3.01. The van der Waals surface area contributed by atoms with Gasteiger partial charge in [-0.3, -0.25) is 9.59 Å². The van der Waals surface area contributed by atoms with Crippen LogP contribution in [0, 0.1) is 5.41 Å². The Morgan fingerprint density at radius 2 is 1.57 bits per heavy atom. The summed E-state index contributed by atoms with van der Waals surface area (Å²) in [5.41, 5.74) is 6.09. The number of hydrogen-bond acceptors (Lipinski definition) is 5. The van der Waals surface area contributed by atoms with Gasteiger partial charge in [0.05, 0.1) is 25.5 Å². The molecule has 0 heterocycles. The van der Waals surface area contributed by atoms with Crippen LogP contribution in [0.1, 0.15) is 56.8 Å². The number of benzene rings is 1. The van der Waals surface area contributed by atoms with Gasteiger partial charge in [0.15, 0.2) is 11.5 Å². The Morgan fingerprint density at radius 1 is 1.04 bits per heavy atom. The summed E-state index contributed by atoms with van der Waals surface area (Å²) in [5, 5.41) is 5.90. The number of carbonyl (C=O) groups is 2. The number of ether oxygens (including phenoxy) is 2. The maximum absolute atomic E-state index is 12.9. The van der Waals surface area contributed by atoms with Crippen LogP contribution in [0.25, 0.3) is 0 Å². The SMILES string of the molecule is COc1cc(NC(=O)C(C)(C)C)c(C(=O)NC2CCC(N)CC2)cc1OC.Cl. The topological polar surface area (TPSA) is 103 Å². The van der Waals surface area contributed by atoms with Gasteiger partial charge in [0.1, 0.15) is 0 Å². The highest BCUT2D eigenvalue weighted by Gasteiger charge is 2.26. The van der Waals surface area contributed by atoms with E-state index >= 15 is 0 Å². The minimum atomic E-state index is -0.597. The van der Waals surface area contributed by atoms with E-state index in [9.17, 15) is 9.59 Å². The Bertz CT molecular complexity index is 695. The molecule has 1 aliphatic rings. The summed E-state index contributed by atoms with van der Waals surface area (Å²) >= 11 is 0. The van der Waals surface area contributed by atoms with Crippen molar-refractivity contribution in [1.82, 2.24) is 5.32 Å². The van der Waals surface area contributed by atoms with Crippen molar-refractivity contribution in [3.05, 3.63) is 17.7 Å². The van der Waals surface area contributed by atoms with Crippen molar-refractivity contribution in [2.75, 3.05) is 19.5 Å². The van der Waals surface area contributed by atoms with E-state index < -0.39 is 5.41 Å². The van der Waals surface area contributed by atoms with Gasteiger partial charge >= 0.3 is 0 Å². The minimum absolute atomic E-state index is 0. The molecule has 0 aliphatic heterocycles. The molecule has 0 spiro atoms. The zero-order chi connectivity index (χ0) is 20.2.